The van der Waals surface area contributed by atoms with Gasteiger partial charge in [-0.2, -0.15) is 0 Å². The van der Waals surface area contributed by atoms with Crippen molar-refractivity contribution in [2.75, 3.05) is 18.0 Å². The Balaban J connectivity index is 1.73. The van der Waals surface area contributed by atoms with Gasteiger partial charge in [-0.25, -0.2) is 4.98 Å². The summed E-state index contributed by atoms with van der Waals surface area (Å²) in [5.41, 5.74) is 1.64. The van der Waals surface area contributed by atoms with E-state index >= 15 is 0 Å². The average Bonchev–Trinajstić information content (AvgIpc) is 2.56. The molecular formula is C18H23N3O2. The van der Waals surface area contributed by atoms with Gasteiger partial charge in [-0.15, -0.1) is 0 Å². The fourth-order valence-electron chi connectivity index (χ4n) is 2.95. The van der Waals surface area contributed by atoms with E-state index in [0.717, 1.165) is 17.1 Å². The number of piperidine rings is 1. The summed E-state index contributed by atoms with van der Waals surface area (Å²) in [5, 5.41) is 20.6. The van der Waals surface area contributed by atoms with E-state index in [4.69, 9.17) is 0 Å². The summed E-state index contributed by atoms with van der Waals surface area (Å²) in [5.74, 6) is 0.849. The highest BCUT2D eigenvalue weighted by atomic mass is 16.3. The number of rotatable bonds is 3. The van der Waals surface area contributed by atoms with Gasteiger partial charge < -0.3 is 15.1 Å². The van der Waals surface area contributed by atoms with Crippen molar-refractivity contribution >= 4 is 5.82 Å². The monoisotopic (exact) mass is 313 g/mol. The second-order valence-corrected chi connectivity index (χ2v) is 6.34. The molecule has 1 saturated heterocycles. The van der Waals surface area contributed by atoms with Gasteiger partial charge in [-0.1, -0.05) is 12.1 Å². The number of aryl methyl sites for hydroxylation is 1. The van der Waals surface area contributed by atoms with Crippen molar-refractivity contribution in [3.05, 3.63) is 53.5 Å². The van der Waals surface area contributed by atoms with Crippen molar-refractivity contribution in [1.29, 1.82) is 0 Å². The van der Waals surface area contributed by atoms with E-state index in [2.05, 4.69) is 14.9 Å². The number of aliphatic hydroxyl groups excluding tert-OH is 1. The zero-order valence-electron chi connectivity index (χ0n) is 13.6. The molecule has 0 aromatic carbocycles. The van der Waals surface area contributed by atoms with Crippen LogP contribution in [0.25, 0.3) is 0 Å². The quantitative estimate of drug-likeness (QED) is 0.910. The summed E-state index contributed by atoms with van der Waals surface area (Å²) >= 11 is 0. The van der Waals surface area contributed by atoms with Crippen LogP contribution in [0.2, 0.25) is 0 Å². The standard InChI is InChI=1S/C18H23N3O2/c1-13-6-7-16(19-12-13)18(23)8-10-21(11-9-18)17-5-3-4-15(20-17)14(2)22/h3-7,12,14,22-23H,8-11H2,1-2H3/t14-/m0/s1. The van der Waals surface area contributed by atoms with Crippen LogP contribution in [0.5, 0.6) is 0 Å². The Morgan fingerprint density at radius 3 is 2.52 bits per heavy atom. The molecule has 0 radical (unpaired) electrons. The molecule has 122 valence electrons. The van der Waals surface area contributed by atoms with E-state index in [0.29, 0.717) is 31.6 Å². The lowest BCUT2D eigenvalue weighted by Gasteiger charge is -2.38. The summed E-state index contributed by atoms with van der Waals surface area (Å²) in [6.07, 6.45) is 2.45. The van der Waals surface area contributed by atoms with Crippen LogP contribution in [-0.2, 0) is 5.60 Å². The number of hydrogen-bond acceptors (Lipinski definition) is 5. The normalized spacial score (nSPS) is 18.7. The Morgan fingerprint density at radius 1 is 1.17 bits per heavy atom. The molecule has 3 heterocycles. The van der Waals surface area contributed by atoms with E-state index in [-0.39, 0.29) is 0 Å². The van der Waals surface area contributed by atoms with Crippen molar-refractivity contribution < 1.29 is 10.2 Å². The maximum Gasteiger partial charge on any atom is 0.128 e. The number of hydrogen-bond donors (Lipinski definition) is 2. The van der Waals surface area contributed by atoms with Gasteiger partial charge in [0.2, 0.25) is 0 Å². The van der Waals surface area contributed by atoms with Crippen molar-refractivity contribution in [1.82, 2.24) is 9.97 Å². The summed E-state index contributed by atoms with van der Waals surface area (Å²) in [6, 6.07) is 9.58. The van der Waals surface area contributed by atoms with Crippen molar-refractivity contribution in [3.8, 4) is 0 Å². The van der Waals surface area contributed by atoms with Crippen LogP contribution < -0.4 is 4.90 Å². The van der Waals surface area contributed by atoms with Gasteiger partial charge in [0.05, 0.1) is 17.5 Å². The SMILES string of the molecule is Cc1ccc(C2(O)CCN(c3cccc([C@H](C)O)n3)CC2)nc1. The lowest BCUT2D eigenvalue weighted by molar-refractivity contribution is 0.00746. The molecule has 0 bridgehead atoms. The first-order chi connectivity index (χ1) is 11.0. The predicted octanol–water partition coefficient (Wildman–Crippen LogP) is 2.33. The van der Waals surface area contributed by atoms with Gasteiger partial charge in [0, 0.05) is 19.3 Å². The lowest BCUT2D eigenvalue weighted by atomic mass is 9.87. The van der Waals surface area contributed by atoms with Gasteiger partial charge in [0.25, 0.3) is 0 Å². The van der Waals surface area contributed by atoms with Crippen LogP contribution in [0.15, 0.2) is 36.5 Å². The molecule has 23 heavy (non-hydrogen) atoms. The molecule has 0 spiro atoms. The van der Waals surface area contributed by atoms with Gasteiger partial charge in [0.1, 0.15) is 11.4 Å². The van der Waals surface area contributed by atoms with Gasteiger partial charge >= 0.3 is 0 Å². The van der Waals surface area contributed by atoms with Crippen LogP contribution in [0.3, 0.4) is 0 Å². The topological polar surface area (TPSA) is 69.5 Å². The average molecular weight is 313 g/mol. The van der Waals surface area contributed by atoms with Crippen LogP contribution in [0.1, 0.15) is 42.8 Å². The largest absolute Gasteiger partial charge is 0.387 e. The van der Waals surface area contributed by atoms with Gasteiger partial charge in [0.15, 0.2) is 0 Å². The molecule has 1 atom stereocenters. The maximum absolute atomic E-state index is 10.9. The summed E-state index contributed by atoms with van der Waals surface area (Å²) in [6.45, 7) is 5.12. The molecular weight excluding hydrogens is 290 g/mol. The third-order valence-electron chi connectivity index (χ3n) is 4.49. The number of aromatic nitrogens is 2. The first-order valence-electron chi connectivity index (χ1n) is 8.03. The molecule has 5 heteroatoms. The smallest absolute Gasteiger partial charge is 0.128 e. The van der Waals surface area contributed by atoms with Crippen LogP contribution in [0.4, 0.5) is 5.82 Å². The first-order valence-corrected chi connectivity index (χ1v) is 8.03. The second-order valence-electron chi connectivity index (χ2n) is 6.34. The number of nitrogens with zero attached hydrogens (tertiary/aromatic N) is 3. The van der Waals surface area contributed by atoms with E-state index in [1.54, 1.807) is 13.1 Å². The molecule has 5 nitrogen and oxygen atoms in total. The van der Waals surface area contributed by atoms with Gasteiger partial charge in [-0.05, 0) is 50.5 Å². The third kappa shape index (κ3) is 3.35. The molecule has 0 unspecified atom stereocenters. The predicted molar refractivity (Wildman–Crippen MR) is 89.2 cm³/mol. The summed E-state index contributed by atoms with van der Waals surface area (Å²) < 4.78 is 0. The minimum absolute atomic E-state index is 0.576. The molecule has 2 N–H and O–H groups in total. The highest BCUT2D eigenvalue weighted by Crippen LogP contribution is 2.33. The lowest BCUT2D eigenvalue weighted by Crippen LogP contribution is -2.43. The minimum Gasteiger partial charge on any atom is -0.387 e. The fourth-order valence-corrected chi connectivity index (χ4v) is 2.95. The van der Waals surface area contributed by atoms with Crippen LogP contribution in [0, 0.1) is 6.92 Å². The van der Waals surface area contributed by atoms with Crippen molar-refractivity contribution in [2.45, 2.75) is 38.4 Å². The zero-order valence-corrected chi connectivity index (χ0v) is 13.6. The van der Waals surface area contributed by atoms with E-state index in [1.165, 1.54) is 0 Å². The molecule has 2 aromatic heterocycles. The van der Waals surface area contributed by atoms with Crippen LogP contribution >= 0.6 is 0 Å². The molecule has 1 aliphatic heterocycles. The summed E-state index contributed by atoms with van der Waals surface area (Å²) in [7, 11) is 0. The molecule has 0 saturated carbocycles. The van der Waals surface area contributed by atoms with E-state index < -0.39 is 11.7 Å². The molecule has 2 aromatic rings. The minimum atomic E-state index is -0.869. The Morgan fingerprint density at radius 2 is 1.91 bits per heavy atom. The Kier molecular flexibility index (Phi) is 4.33. The molecule has 3 rings (SSSR count). The van der Waals surface area contributed by atoms with Crippen LogP contribution in [-0.4, -0.2) is 33.3 Å². The van der Waals surface area contributed by atoms with E-state index in [9.17, 15) is 10.2 Å². The second kappa shape index (κ2) is 6.26. The zero-order chi connectivity index (χ0) is 16.4. The maximum atomic E-state index is 10.9. The molecule has 1 fully saturated rings. The highest BCUT2D eigenvalue weighted by molar-refractivity contribution is 5.40. The number of anilines is 1. The van der Waals surface area contributed by atoms with Crippen molar-refractivity contribution in [2.24, 2.45) is 0 Å². The van der Waals surface area contributed by atoms with E-state index in [1.807, 2.05) is 37.3 Å². The van der Waals surface area contributed by atoms with Crippen molar-refractivity contribution in [3.63, 3.8) is 0 Å². The molecule has 1 aliphatic rings. The number of aliphatic hydroxyl groups is 2. The Bertz CT molecular complexity index is 662. The Labute approximate surface area is 136 Å². The highest BCUT2D eigenvalue weighted by Gasteiger charge is 2.35. The summed E-state index contributed by atoms with van der Waals surface area (Å²) in [4.78, 5) is 11.0. The fraction of sp³-hybridized carbons (Fsp3) is 0.444. The van der Waals surface area contributed by atoms with Gasteiger partial charge in [-0.3, -0.25) is 4.98 Å². The third-order valence-corrected chi connectivity index (χ3v) is 4.49. The Hall–Kier alpha value is -1.98. The molecule has 0 aliphatic carbocycles. The molecule has 0 amide bonds. The first kappa shape index (κ1) is 15.9. The number of pyridine rings is 2.